The quantitative estimate of drug-likeness (QED) is 0.739. The van der Waals surface area contributed by atoms with E-state index in [1.54, 1.807) is 13.8 Å². The van der Waals surface area contributed by atoms with E-state index in [2.05, 4.69) is 20.5 Å². The monoisotopic (exact) mass is 209 g/mol. The topological polar surface area (TPSA) is 93.8 Å². The molecule has 0 saturated carbocycles. The number of rotatable bonds is 3. The van der Waals surface area contributed by atoms with Gasteiger partial charge in [0.1, 0.15) is 5.54 Å². The first-order chi connectivity index (χ1) is 6.83. The van der Waals surface area contributed by atoms with E-state index >= 15 is 0 Å². The SMILES string of the molecule is Cc1nnc(NC(C)(C)C(N)=O)nc1C. The van der Waals surface area contributed by atoms with E-state index in [0.717, 1.165) is 11.4 Å². The van der Waals surface area contributed by atoms with Gasteiger partial charge in [-0.05, 0) is 27.7 Å². The highest BCUT2D eigenvalue weighted by atomic mass is 16.1. The number of nitrogens with two attached hydrogens (primary N) is 1. The molecule has 1 rings (SSSR count). The predicted octanol–water partition coefficient (Wildman–Crippen LogP) is 0.164. The second-order valence-electron chi connectivity index (χ2n) is 3.92. The number of hydrogen-bond donors (Lipinski definition) is 2. The van der Waals surface area contributed by atoms with Crippen molar-refractivity contribution in [2.75, 3.05) is 5.32 Å². The molecule has 6 nitrogen and oxygen atoms in total. The summed E-state index contributed by atoms with van der Waals surface area (Å²) in [5, 5.41) is 10.5. The van der Waals surface area contributed by atoms with E-state index in [-0.39, 0.29) is 0 Å². The van der Waals surface area contributed by atoms with Gasteiger partial charge in [-0.2, -0.15) is 5.10 Å². The summed E-state index contributed by atoms with van der Waals surface area (Å²) in [4.78, 5) is 15.2. The first kappa shape index (κ1) is 11.4. The van der Waals surface area contributed by atoms with Crippen LogP contribution in [0.25, 0.3) is 0 Å². The van der Waals surface area contributed by atoms with E-state index in [1.807, 2.05) is 13.8 Å². The summed E-state index contributed by atoms with van der Waals surface area (Å²) in [6.07, 6.45) is 0. The lowest BCUT2D eigenvalue weighted by atomic mass is 10.1. The Kier molecular flexibility index (Phi) is 2.88. The molecule has 0 aliphatic carbocycles. The van der Waals surface area contributed by atoms with Crippen LogP contribution in [0.1, 0.15) is 25.2 Å². The average molecular weight is 209 g/mol. The van der Waals surface area contributed by atoms with Crippen molar-refractivity contribution in [1.29, 1.82) is 0 Å². The molecule has 0 radical (unpaired) electrons. The van der Waals surface area contributed by atoms with Gasteiger partial charge in [-0.15, -0.1) is 5.10 Å². The van der Waals surface area contributed by atoms with E-state index in [1.165, 1.54) is 0 Å². The molecule has 0 spiro atoms. The second-order valence-corrected chi connectivity index (χ2v) is 3.92. The Morgan fingerprint density at radius 2 is 1.87 bits per heavy atom. The third-order valence-electron chi connectivity index (χ3n) is 2.13. The number of nitrogens with zero attached hydrogens (tertiary/aromatic N) is 3. The Labute approximate surface area is 88.3 Å². The minimum absolute atomic E-state index is 0.307. The molecule has 1 amide bonds. The smallest absolute Gasteiger partial charge is 0.243 e. The first-order valence-electron chi connectivity index (χ1n) is 4.59. The predicted molar refractivity (Wildman–Crippen MR) is 56.2 cm³/mol. The van der Waals surface area contributed by atoms with E-state index in [9.17, 15) is 4.79 Å². The van der Waals surface area contributed by atoms with Crippen LogP contribution in [-0.2, 0) is 4.79 Å². The van der Waals surface area contributed by atoms with Gasteiger partial charge in [-0.25, -0.2) is 4.98 Å². The summed E-state index contributed by atoms with van der Waals surface area (Å²) >= 11 is 0. The van der Waals surface area contributed by atoms with Crippen molar-refractivity contribution in [3.8, 4) is 0 Å². The highest BCUT2D eigenvalue weighted by Gasteiger charge is 2.25. The number of hydrogen-bond acceptors (Lipinski definition) is 5. The number of primary amides is 1. The number of aromatic nitrogens is 3. The van der Waals surface area contributed by atoms with Crippen molar-refractivity contribution in [3.63, 3.8) is 0 Å². The molecule has 0 saturated heterocycles. The van der Waals surface area contributed by atoms with Crippen LogP contribution in [0, 0.1) is 13.8 Å². The Morgan fingerprint density at radius 3 is 2.33 bits per heavy atom. The Balaban J connectivity index is 2.91. The Bertz CT molecular complexity index is 388. The maximum atomic E-state index is 11.1. The van der Waals surface area contributed by atoms with E-state index < -0.39 is 11.4 Å². The summed E-state index contributed by atoms with van der Waals surface area (Å²) in [5.41, 5.74) is 5.86. The molecule has 0 aliphatic heterocycles. The number of nitrogens with one attached hydrogen (secondary N) is 1. The molecule has 6 heteroatoms. The van der Waals surface area contributed by atoms with Gasteiger partial charge >= 0.3 is 0 Å². The molecule has 82 valence electrons. The third-order valence-corrected chi connectivity index (χ3v) is 2.13. The van der Waals surface area contributed by atoms with Crippen molar-refractivity contribution in [2.24, 2.45) is 5.73 Å². The second kappa shape index (κ2) is 3.80. The highest BCUT2D eigenvalue weighted by molar-refractivity contribution is 5.86. The van der Waals surface area contributed by atoms with Gasteiger partial charge in [-0.1, -0.05) is 0 Å². The summed E-state index contributed by atoms with van der Waals surface area (Å²) in [6.45, 7) is 6.96. The number of carbonyl (C=O) groups excluding carboxylic acids is 1. The van der Waals surface area contributed by atoms with Crippen molar-refractivity contribution >= 4 is 11.9 Å². The minimum Gasteiger partial charge on any atom is -0.368 e. The summed E-state index contributed by atoms with van der Waals surface area (Å²) < 4.78 is 0. The van der Waals surface area contributed by atoms with Crippen molar-refractivity contribution in [3.05, 3.63) is 11.4 Å². The van der Waals surface area contributed by atoms with Gasteiger partial charge < -0.3 is 11.1 Å². The van der Waals surface area contributed by atoms with Crippen LogP contribution in [0.2, 0.25) is 0 Å². The zero-order valence-corrected chi connectivity index (χ0v) is 9.33. The van der Waals surface area contributed by atoms with Crippen LogP contribution in [0.5, 0.6) is 0 Å². The van der Waals surface area contributed by atoms with Crippen molar-refractivity contribution in [1.82, 2.24) is 15.2 Å². The molecule has 0 bridgehead atoms. The fraction of sp³-hybridized carbons (Fsp3) is 0.556. The number of anilines is 1. The van der Waals surface area contributed by atoms with E-state index in [4.69, 9.17) is 5.73 Å². The molecule has 0 atom stereocenters. The summed E-state index contributed by atoms with van der Waals surface area (Å²) in [6, 6.07) is 0. The van der Waals surface area contributed by atoms with Gasteiger partial charge in [0.15, 0.2) is 0 Å². The highest BCUT2D eigenvalue weighted by Crippen LogP contribution is 2.10. The maximum absolute atomic E-state index is 11.1. The summed E-state index contributed by atoms with van der Waals surface area (Å²) in [7, 11) is 0. The minimum atomic E-state index is -0.886. The lowest BCUT2D eigenvalue weighted by molar-refractivity contribution is -0.121. The molecule has 3 N–H and O–H groups in total. The van der Waals surface area contributed by atoms with Crippen LogP contribution in [0.4, 0.5) is 5.95 Å². The largest absolute Gasteiger partial charge is 0.368 e. The molecule has 0 aromatic carbocycles. The zero-order valence-electron chi connectivity index (χ0n) is 9.33. The lowest BCUT2D eigenvalue weighted by Crippen LogP contribution is -2.45. The van der Waals surface area contributed by atoms with Gasteiger partial charge in [0, 0.05) is 0 Å². The Hall–Kier alpha value is -1.72. The fourth-order valence-electron chi connectivity index (χ4n) is 0.851. The normalized spacial score (nSPS) is 11.2. The van der Waals surface area contributed by atoms with Gasteiger partial charge in [0.25, 0.3) is 0 Å². The molecule has 0 fully saturated rings. The van der Waals surface area contributed by atoms with Gasteiger partial charge in [-0.3, -0.25) is 4.79 Å². The first-order valence-corrected chi connectivity index (χ1v) is 4.59. The van der Waals surface area contributed by atoms with Crippen LogP contribution < -0.4 is 11.1 Å². The molecular formula is C9H15N5O. The van der Waals surface area contributed by atoms with Crippen molar-refractivity contribution < 1.29 is 4.79 Å². The molecule has 0 unspecified atom stereocenters. The van der Waals surface area contributed by atoms with Gasteiger partial charge in [0.2, 0.25) is 11.9 Å². The van der Waals surface area contributed by atoms with Crippen molar-refractivity contribution in [2.45, 2.75) is 33.2 Å². The zero-order chi connectivity index (χ0) is 11.6. The lowest BCUT2D eigenvalue weighted by Gasteiger charge is -2.21. The fourth-order valence-corrected chi connectivity index (χ4v) is 0.851. The third kappa shape index (κ3) is 2.61. The standard InChI is InChI=1S/C9H15N5O/c1-5-6(2)13-14-8(11-5)12-9(3,4)7(10)15/h1-4H3,(H2,10,15)(H,11,12,14). The molecule has 1 aromatic rings. The molecule has 15 heavy (non-hydrogen) atoms. The van der Waals surface area contributed by atoms with Gasteiger partial charge in [0.05, 0.1) is 11.4 Å². The molecular weight excluding hydrogens is 194 g/mol. The molecule has 1 heterocycles. The van der Waals surface area contributed by atoms with Crippen LogP contribution in [-0.4, -0.2) is 26.6 Å². The maximum Gasteiger partial charge on any atom is 0.243 e. The van der Waals surface area contributed by atoms with Crippen LogP contribution in [0.15, 0.2) is 0 Å². The van der Waals surface area contributed by atoms with Crippen LogP contribution in [0.3, 0.4) is 0 Å². The number of amides is 1. The number of aryl methyl sites for hydroxylation is 2. The molecule has 0 aliphatic rings. The van der Waals surface area contributed by atoms with Crippen LogP contribution >= 0.6 is 0 Å². The number of carbonyl (C=O) groups is 1. The Morgan fingerprint density at radius 1 is 1.27 bits per heavy atom. The molecule has 1 aromatic heterocycles. The van der Waals surface area contributed by atoms with E-state index in [0.29, 0.717) is 5.95 Å². The average Bonchev–Trinajstić information content (AvgIpc) is 2.10. The summed E-state index contributed by atoms with van der Waals surface area (Å²) in [5.74, 6) is -0.161.